The lowest BCUT2D eigenvalue weighted by Gasteiger charge is -2.27. The summed E-state index contributed by atoms with van der Waals surface area (Å²) in [6.07, 6.45) is 4.62. The molecule has 98 valence electrons. The summed E-state index contributed by atoms with van der Waals surface area (Å²) < 4.78 is 19.7. The van der Waals surface area contributed by atoms with E-state index in [1.807, 2.05) is 6.07 Å². The Kier molecular flexibility index (Phi) is 3.02. The second-order valence-corrected chi connectivity index (χ2v) is 5.73. The SMILES string of the molecule is CC1(c2cccc(F)c2OCC2CC2)CCCN1. The largest absolute Gasteiger partial charge is 0.490 e. The molecule has 1 saturated carbocycles. The predicted octanol–water partition coefficient (Wildman–Crippen LogP) is 3.21. The first-order valence-electron chi connectivity index (χ1n) is 6.86. The zero-order chi connectivity index (χ0) is 12.6. The van der Waals surface area contributed by atoms with Crippen LogP contribution < -0.4 is 10.1 Å². The maximum Gasteiger partial charge on any atom is 0.165 e. The van der Waals surface area contributed by atoms with Crippen LogP contribution in [0.3, 0.4) is 0 Å². The molecule has 0 bridgehead atoms. The van der Waals surface area contributed by atoms with Gasteiger partial charge in [-0.3, -0.25) is 0 Å². The molecule has 1 unspecified atom stereocenters. The van der Waals surface area contributed by atoms with Crippen molar-refractivity contribution in [3.8, 4) is 5.75 Å². The second-order valence-electron chi connectivity index (χ2n) is 5.73. The fourth-order valence-electron chi connectivity index (χ4n) is 2.70. The van der Waals surface area contributed by atoms with Crippen molar-refractivity contribution in [2.24, 2.45) is 5.92 Å². The highest BCUT2D eigenvalue weighted by molar-refractivity contribution is 5.40. The average molecular weight is 249 g/mol. The molecule has 2 fully saturated rings. The van der Waals surface area contributed by atoms with Gasteiger partial charge in [-0.2, -0.15) is 0 Å². The van der Waals surface area contributed by atoms with Crippen molar-refractivity contribution in [2.75, 3.05) is 13.2 Å². The van der Waals surface area contributed by atoms with E-state index < -0.39 is 0 Å². The number of halogens is 1. The fourth-order valence-corrected chi connectivity index (χ4v) is 2.70. The van der Waals surface area contributed by atoms with Crippen molar-refractivity contribution in [1.82, 2.24) is 5.32 Å². The van der Waals surface area contributed by atoms with E-state index in [0.717, 1.165) is 24.9 Å². The molecule has 18 heavy (non-hydrogen) atoms. The van der Waals surface area contributed by atoms with Crippen molar-refractivity contribution < 1.29 is 9.13 Å². The average Bonchev–Trinajstić information content (AvgIpc) is 3.08. The van der Waals surface area contributed by atoms with Crippen molar-refractivity contribution in [1.29, 1.82) is 0 Å². The zero-order valence-electron chi connectivity index (χ0n) is 10.8. The van der Waals surface area contributed by atoms with Crippen molar-refractivity contribution >= 4 is 0 Å². The van der Waals surface area contributed by atoms with Crippen LogP contribution in [-0.2, 0) is 5.54 Å². The van der Waals surface area contributed by atoms with Gasteiger partial charge in [-0.1, -0.05) is 12.1 Å². The summed E-state index contributed by atoms with van der Waals surface area (Å²) in [5, 5.41) is 3.47. The normalized spacial score (nSPS) is 27.4. The van der Waals surface area contributed by atoms with E-state index >= 15 is 0 Å². The van der Waals surface area contributed by atoms with Crippen LogP contribution in [0.4, 0.5) is 4.39 Å². The van der Waals surface area contributed by atoms with Gasteiger partial charge in [0.05, 0.1) is 6.61 Å². The Morgan fingerprint density at radius 1 is 1.44 bits per heavy atom. The third-order valence-corrected chi connectivity index (χ3v) is 4.09. The van der Waals surface area contributed by atoms with Gasteiger partial charge in [0.1, 0.15) is 0 Å². The maximum atomic E-state index is 14.0. The Balaban J connectivity index is 1.88. The van der Waals surface area contributed by atoms with Gasteiger partial charge in [0.2, 0.25) is 0 Å². The standard InChI is InChI=1S/C15H20FNO/c1-15(8-3-9-17-15)12-4-2-5-13(16)14(12)18-10-11-6-7-11/h2,4-5,11,17H,3,6-10H2,1H3. The third-order valence-electron chi connectivity index (χ3n) is 4.09. The van der Waals surface area contributed by atoms with Crippen LogP contribution >= 0.6 is 0 Å². The number of nitrogens with one attached hydrogen (secondary N) is 1. The number of benzene rings is 1. The highest BCUT2D eigenvalue weighted by atomic mass is 19.1. The van der Waals surface area contributed by atoms with Gasteiger partial charge in [-0.25, -0.2) is 4.39 Å². The molecule has 1 N–H and O–H groups in total. The van der Waals surface area contributed by atoms with Gasteiger partial charge in [-0.05, 0) is 51.1 Å². The van der Waals surface area contributed by atoms with Crippen LogP contribution in [0.1, 0.15) is 38.2 Å². The molecule has 0 amide bonds. The summed E-state index contributed by atoms with van der Waals surface area (Å²) in [4.78, 5) is 0. The third kappa shape index (κ3) is 2.24. The van der Waals surface area contributed by atoms with Gasteiger partial charge < -0.3 is 10.1 Å². The minimum Gasteiger partial charge on any atom is -0.490 e. The molecule has 1 aliphatic carbocycles. The minimum absolute atomic E-state index is 0.138. The molecule has 1 saturated heterocycles. The molecule has 0 aromatic heterocycles. The molecule has 0 spiro atoms. The Bertz CT molecular complexity index is 436. The molecule has 3 heteroatoms. The lowest BCUT2D eigenvalue weighted by atomic mass is 9.89. The molecule has 3 rings (SSSR count). The van der Waals surface area contributed by atoms with E-state index in [9.17, 15) is 4.39 Å². The number of rotatable bonds is 4. The van der Waals surface area contributed by atoms with Crippen LogP contribution in [0.2, 0.25) is 0 Å². The number of para-hydroxylation sites is 1. The summed E-state index contributed by atoms with van der Waals surface area (Å²) in [6, 6.07) is 5.26. The molecule has 1 aliphatic heterocycles. The Morgan fingerprint density at radius 2 is 2.28 bits per heavy atom. The summed E-state index contributed by atoms with van der Waals surface area (Å²) in [5.74, 6) is 0.867. The first-order chi connectivity index (χ1) is 8.69. The van der Waals surface area contributed by atoms with E-state index in [4.69, 9.17) is 4.74 Å². The highest BCUT2D eigenvalue weighted by Gasteiger charge is 2.34. The first-order valence-corrected chi connectivity index (χ1v) is 6.86. The van der Waals surface area contributed by atoms with Gasteiger partial charge in [0.15, 0.2) is 11.6 Å². The zero-order valence-corrected chi connectivity index (χ0v) is 10.8. The van der Waals surface area contributed by atoms with E-state index in [1.54, 1.807) is 6.07 Å². The fraction of sp³-hybridized carbons (Fsp3) is 0.600. The monoisotopic (exact) mass is 249 g/mol. The maximum absolute atomic E-state index is 14.0. The smallest absolute Gasteiger partial charge is 0.165 e. The van der Waals surface area contributed by atoms with Gasteiger partial charge in [0, 0.05) is 11.1 Å². The lowest BCUT2D eigenvalue weighted by Crippen LogP contribution is -2.33. The number of hydrogen-bond acceptors (Lipinski definition) is 2. The van der Waals surface area contributed by atoms with Crippen LogP contribution in [0.5, 0.6) is 5.75 Å². The lowest BCUT2D eigenvalue weighted by molar-refractivity contribution is 0.271. The molecular formula is C15H20FNO. The Labute approximate surface area is 108 Å². The van der Waals surface area contributed by atoms with Gasteiger partial charge in [0.25, 0.3) is 0 Å². The molecule has 0 radical (unpaired) electrons. The molecule has 1 heterocycles. The first kappa shape index (κ1) is 12.0. The van der Waals surface area contributed by atoms with E-state index in [2.05, 4.69) is 12.2 Å². The summed E-state index contributed by atoms with van der Waals surface area (Å²) in [6.45, 7) is 3.79. The van der Waals surface area contributed by atoms with Gasteiger partial charge in [-0.15, -0.1) is 0 Å². The van der Waals surface area contributed by atoms with E-state index in [-0.39, 0.29) is 11.4 Å². The van der Waals surface area contributed by atoms with E-state index in [0.29, 0.717) is 18.3 Å². The minimum atomic E-state index is -0.233. The molecule has 1 aromatic carbocycles. The molecule has 2 aliphatic rings. The predicted molar refractivity (Wildman–Crippen MR) is 69.2 cm³/mol. The molecule has 1 atom stereocenters. The van der Waals surface area contributed by atoms with Crippen molar-refractivity contribution in [3.05, 3.63) is 29.6 Å². The Morgan fingerprint density at radius 3 is 2.94 bits per heavy atom. The van der Waals surface area contributed by atoms with Crippen LogP contribution in [0.15, 0.2) is 18.2 Å². The second kappa shape index (κ2) is 4.54. The van der Waals surface area contributed by atoms with Crippen molar-refractivity contribution in [2.45, 2.75) is 38.1 Å². The van der Waals surface area contributed by atoms with Crippen LogP contribution in [-0.4, -0.2) is 13.2 Å². The van der Waals surface area contributed by atoms with Crippen LogP contribution in [0.25, 0.3) is 0 Å². The van der Waals surface area contributed by atoms with Crippen LogP contribution in [0, 0.1) is 11.7 Å². The van der Waals surface area contributed by atoms with Gasteiger partial charge >= 0.3 is 0 Å². The molecular weight excluding hydrogens is 229 g/mol. The number of hydrogen-bond donors (Lipinski definition) is 1. The molecule has 2 nitrogen and oxygen atoms in total. The summed E-state index contributed by atoms with van der Waals surface area (Å²) >= 11 is 0. The molecule has 1 aromatic rings. The topological polar surface area (TPSA) is 21.3 Å². The van der Waals surface area contributed by atoms with Crippen molar-refractivity contribution in [3.63, 3.8) is 0 Å². The summed E-state index contributed by atoms with van der Waals surface area (Å²) in [5.41, 5.74) is 0.835. The summed E-state index contributed by atoms with van der Waals surface area (Å²) in [7, 11) is 0. The number of ether oxygens (including phenoxy) is 1. The van der Waals surface area contributed by atoms with E-state index in [1.165, 1.54) is 18.9 Å². The quantitative estimate of drug-likeness (QED) is 0.884. The highest BCUT2D eigenvalue weighted by Crippen LogP contribution is 2.39. The Hall–Kier alpha value is -1.09.